The maximum Gasteiger partial charge on any atom is 0.232 e. The van der Waals surface area contributed by atoms with E-state index in [1.54, 1.807) is 12.1 Å². The molecule has 0 amide bonds. The van der Waals surface area contributed by atoms with Crippen LogP contribution in [0.25, 0.3) is 0 Å². The van der Waals surface area contributed by atoms with Gasteiger partial charge in [0.1, 0.15) is 10.3 Å². The van der Waals surface area contributed by atoms with Crippen LogP contribution in [-0.4, -0.2) is 19.2 Å². The van der Waals surface area contributed by atoms with Gasteiger partial charge in [-0.1, -0.05) is 29.3 Å². The smallest absolute Gasteiger partial charge is 0.224 e. The van der Waals surface area contributed by atoms with Crippen LogP contribution in [0.5, 0.6) is 0 Å². The van der Waals surface area contributed by atoms with E-state index in [-0.39, 0.29) is 22.5 Å². The molecule has 0 unspecified atom stereocenters. The lowest BCUT2D eigenvalue weighted by Crippen LogP contribution is -2.02. The summed E-state index contributed by atoms with van der Waals surface area (Å²) >= 11 is 11.3. The molecule has 0 aliphatic rings. The summed E-state index contributed by atoms with van der Waals surface area (Å²) in [7, 11) is 1.55. The molecule has 3 nitrogen and oxygen atoms in total. The number of rotatable bonds is 3. The Morgan fingerprint density at radius 1 is 1.29 bits per heavy atom. The third-order valence-electron chi connectivity index (χ3n) is 1.51. The Balaban J connectivity index is 2.78. The Bertz CT molecular complexity index is 433. The van der Waals surface area contributed by atoms with Gasteiger partial charge in [0.25, 0.3) is 0 Å². The van der Waals surface area contributed by atoms with Crippen LogP contribution in [0.1, 0.15) is 5.56 Å². The topological polar surface area (TPSA) is 47.0 Å². The highest BCUT2D eigenvalue weighted by atomic mass is 35.7. The van der Waals surface area contributed by atoms with Gasteiger partial charge in [-0.2, -0.15) is 0 Å². The molecule has 0 atom stereocenters. The second-order valence-corrected chi connectivity index (χ2v) is 6.22. The van der Waals surface area contributed by atoms with Crippen LogP contribution in [0, 0.1) is 0 Å². The number of pyridine rings is 1. The second-order valence-electron chi connectivity index (χ2n) is 2.58. The van der Waals surface area contributed by atoms with Gasteiger partial charge in [-0.3, -0.25) is 0 Å². The number of halogens is 3. The SMILES string of the molecule is O=S(=O)(Cl)CCc1ccc(Cl)nc1Cl. The molecule has 0 aromatic carbocycles. The van der Waals surface area contributed by atoms with Crippen LogP contribution in [0.15, 0.2) is 12.1 Å². The third-order valence-corrected chi connectivity index (χ3v) is 3.20. The minimum absolute atomic E-state index is 0.169. The lowest BCUT2D eigenvalue weighted by atomic mass is 10.2. The monoisotopic (exact) mass is 273 g/mol. The predicted octanol–water partition coefficient (Wildman–Crippen LogP) is 2.50. The highest BCUT2D eigenvalue weighted by Gasteiger charge is 2.08. The van der Waals surface area contributed by atoms with Crippen molar-refractivity contribution < 1.29 is 8.42 Å². The average Bonchev–Trinajstić information content (AvgIpc) is 2.00. The molecule has 0 radical (unpaired) electrons. The lowest BCUT2D eigenvalue weighted by Gasteiger charge is -2.01. The molecule has 14 heavy (non-hydrogen) atoms. The van der Waals surface area contributed by atoms with E-state index in [1.165, 1.54) is 0 Å². The zero-order valence-corrected chi connectivity index (χ0v) is 9.96. The van der Waals surface area contributed by atoms with Crippen LogP contribution in [0.3, 0.4) is 0 Å². The van der Waals surface area contributed by atoms with Gasteiger partial charge in [-0.05, 0) is 18.1 Å². The minimum Gasteiger partial charge on any atom is -0.224 e. The van der Waals surface area contributed by atoms with E-state index in [1.807, 2.05) is 0 Å². The van der Waals surface area contributed by atoms with Crippen LogP contribution < -0.4 is 0 Å². The molecule has 1 rings (SSSR count). The fraction of sp³-hybridized carbons (Fsp3) is 0.286. The van der Waals surface area contributed by atoms with E-state index >= 15 is 0 Å². The fourth-order valence-corrected chi connectivity index (χ4v) is 1.99. The van der Waals surface area contributed by atoms with Gasteiger partial charge >= 0.3 is 0 Å². The summed E-state index contributed by atoms with van der Waals surface area (Å²) in [5.41, 5.74) is 0.611. The number of hydrogen-bond donors (Lipinski definition) is 0. The molecule has 78 valence electrons. The Labute approximate surface area is 96.4 Å². The molecule has 0 fully saturated rings. The maximum atomic E-state index is 10.7. The van der Waals surface area contributed by atoms with E-state index in [0.717, 1.165) is 0 Å². The van der Waals surface area contributed by atoms with Crippen LogP contribution >= 0.6 is 33.9 Å². The van der Waals surface area contributed by atoms with Crippen molar-refractivity contribution in [3.63, 3.8) is 0 Å². The first-order valence-corrected chi connectivity index (χ1v) is 6.85. The average molecular weight is 275 g/mol. The first kappa shape index (κ1) is 12.0. The molecule has 0 bridgehead atoms. The molecule has 0 aliphatic carbocycles. The maximum absolute atomic E-state index is 10.7. The lowest BCUT2D eigenvalue weighted by molar-refractivity contribution is 0.609. The van der Waals surface area contributed by atoms with Gasteiger partial charge in [-0.15, -0.1) is 0 Å². The number of nitrogens with zero attached hydrogens (tertiary/aromatic N) is 1. The predicted molar refractivity (Wildman–Crippen MR) is 57.6 cm³/mol. The fourth-order valence-electron chi connectivity index (χ4n) is 0.859. The van der Waals surface area contributed by atoms with Crippen molar-refractivity contribution >= 4 is 42.9 Å². The zero-order chi connectivity index (χ0) is 10.8. The van der Waals surface area contributed by atoms with Crippen molar-refractivity contribution in [1.82, 2.24) is 4.98 Å². The normalized spacial score (nSPS) is 11.6. The van der Waals surface area contributed by atoms with Gasteiger partial charge in [-0.25, -0.2) is 13.4 Å². The largest absolute Gasteiger partial charge is 0.232 e. The van der Waals surface area contributed by atoms with Gasteiger partial charge < -0.3 is 0 Å². The summed E-state index contributed by atoms with van der Waals surface area (Å²) in [4.78, 5) is 3.77. The summed E-state index contributed by atoms with van der Waals surface area (Å²) in [6.07, 6.45) is 0.231. The van der Waals surface area contributed by atoms with E-state index in [0.29, 0.717) is 5.56 Å². The summed E-state index contributed by atoms with van der Waals surface area (Å²) in [6.45, 7) is 0. The molecular weight excluding hydrogens is 269 g/mol. The van der Waals surface area contributed by atoms with Crippen molar-refractivity contribution in [2.24, 2.45) is 0 Å². The molecule has 0 saturated carbocycles. The molecule has 1 aromatic rings. The molecular formula is C7H6Cl3NO2S. The van der Waals surface area contributed by atoms with Crippen LogP contribution in [-0.2, 0) is 15.5 Å². The van der Waals surface area contributed by atoms with Crippen LogP contribution in [0.4, 0.5) is 0 Å². The van der Waals surface area contributed by atoms with E-state index < -0.39 is 9.05 Å². The van der Waals surface area contributed by atoms with E-state index in [2.05, 4.69) is 4.98 Å². The first-order valence-electron chi connectivity index (χ1n) is 3.62. The molecule has 0 aliphatic heterocycles. The van der Waals surface area contributed by atoms with Crippen molar-refractivity contribution in [3.05, 3.63) is 28.0 Å². The van der Waals surface area contributed by atoms with Crippen LogP contribution in [0.2, 0.25) is 10.3 Å². The standard InChI is InChI=1S/C7H6Cl3NO2S/c8-6-2-1-5(7(9)11-6)3-4-14(10,12)13/h1-2H,3-4H2. The number of hydrogen-bond acceptors (Lipinski definition) is 3. The Morgan fingerprint density at radius 2 is 1.93 bits per heavy atom. The Hall–Kier alpha value is -0.0300. The number of aryl methyl sites for hydroxylation is 1. The van der Waals surface area contributed by atoms with Gasteiger partial charge in [0.2, 0.25) is 9.05 Å². The molecule has 7 heteroatoms. The quantitative estimate of drug-likeness (QED) is 0.628. The minimum atomic E-state index is -3.50. The molecule has 0 saturated heterocycles. The van der Waals surface area contributed by atoms with Crippen molar-refractivity contribution in [2.45, 2.75) is 6.42 Å². The molecule has 0 spiro atoms. The van der Waals surface area contributed by atoms with Gasteiger partial charge in [0.05, 0.1) is 5.75 Å². The van der Waals surface area contributed by atoms with E-state index in [9.17, 15) is 8.42 Å². The van der Waals surface area contributed by atoms with Gasteiger partial charge in [0.15, 0.2) is 0 Å². The Morgan fingerprint density at radius 3 is 2.43 bits per heavy atom. The summed E-state index contributed by atoms with van der Waals surface area (Å²) in [5, 5.41) is 0.477. The number of aromatic nitrogens is 1. The van der Waals surface area contributed by atoms with E-state index in [4.69, 9.17) is 33.9 Å². The molecule has 0 N–H and O–H groups in total. The zero-order valence-electron chi connectivity index (χ0n) is 6.87. The van der Waals surface area contributed by atoms with Crippen molar-refractivity contribution in [1.29, 1.82) is 0 Å². The third kappa shape index (κ3) is 4.00. The molecule has 1 aromatic heterocycles. The summed E-state index contributed by atoms with van der Waals surface area (Å²) in [6, 6.07) is 3.17. The second kappa shape index (κ2) is 4.66. The summed E-state index contributed by atoms with van der Waals surface area (Å²) in [5.74, 6) is -0.169. The van der Waals surface area contributed by atoms with Crippen molar-refractivity contribution in [2.75, 3.05) is 5.75 Å². The van der Waals surface area contributed by atoms with Crippen molar-refractivity contribution in [3.8, 4) is 0 Å². The van der Waals surface area contributed by atoms with Gasteiger partial charge in [0, 0.05) is 10.7 Å². The summed E-state index contributed by atoms with van der Waals surface area (Å²) < 4.78 is 21.3. The highest BCUT2D eigenvalue weighted by Crippen LogP contribution is 2.17. The molecule has 1 heterocycles. The highest BCUT2D eigenvalue weighted by molar-refractivity contribution is 8.13. The Kier molecular flexibility index (Phi) is 4.01. The first-order chi connectivity index (χ1) is 6.38.